The molecular weight excluding hydrogens is 275 g/mol. The van der Waals surface area contributed by atoms with Crippen LogP contribution in [0.2, 0.25) is 0 Å². The van der Waals surface area contributed by atoms with Crippen LogP contribution in [0, 0.1) is 0 Å². The van der Waals surface area contributed by atoms with E-state index in [0.717, 1.165) is 26.2 Å². The standard InChI is InChI=1S/C11H18N4O.2ClH/c1-10-8-15(7-4-13-10)11(16)2-5-14-6-3-12-9-14;;/h3,6,9-10,13H,2,4-5,7-8H2,1H3;2*1H. The van der Waals surface area contributed by atoms with Crippen molar-refractivity contribution in [3.63, 3.8) is 0 Å². The SMILES string of the molecule is CC1CN(C(=O)CCn2ccnc2)CCN1.Cl.Cl. The van der Waals surface area contributed by atoms with Crippen molar-refractivity contribution >= 4 is 30.7 Å². The van der Waals surface area contributed by atoms with Crippen LogP contribution in [0.3, 0.4) is 0 Å². The van der Waals surface area contributed by atoms with Gasteiger partial charge in [0.05, 0.1) is 6.33 Å². The number of hydrogen-bond donors (Lipinski definition) is 1. The molecule has 2 heterocycles. The van der Waals surface area contributed by atoms with Gasteiger partial charge in [-0.15, -0.1) is 24.8 Å². The second-order valence-electron chi connectivity index (χ2n) is 4.25. The van der Waals surface area contributed by atoms with E-state index in [1.54, 1.807) is 12.5 Å². The molecule has 104 valence electrons. The van der Waals surface area contributed by atoms with E-state index in [2.05, 4.69) is 17.2 Å². The molecule has 1 unspecified atom stereocenters. The zero-order valence-electron chi connectivity index (χ0n) is 10.4. The van der Waals surface area contributed by atoms with Gasteiger partial charge >= 0.3 is 0 Å². The lowest BCUT2D eigenvalue weighted by molar-refractivity contribution is -0.132. The number of rotatable bonds is 3. The van der Waals surface area contributed by atoms with E-state index in [9.17, 15) is 4.79 Å². The zero-order chi connectivity index (χ0) is 11.4. The summed E-state index contributed by atoms with van der Waals surface area (Å²) in [5.74, 6) is 0.238. The fraction of sp³-hybridized carbons (Fsp3) is 0.636. The van der Waals surface area contributed by atoms with Gasteiger partial charge in [-0.1, -0.05) is 0 Å². The number of aryl methyl sites for hydroxylation is 1. The van der Waals surface area contributed by atoms with Gasteiger partial charge < -0.3 is 14.8 Å². The molecule has 1 aromatic rings. The van der Waals surface area contributed by atoms with Gasteiger partial charge in [-0.05, 0) is 6.92 Å². The molecule has 0 saturated carbocycles. The molecule has 1 saturated heterocycles. The fourth-order valence-electron chi connectivity index (χ4n) is 1.96. The maximum atomic E-state index is 11.9. The number of aromatic nitrogens is 2. The van der Waals surface area contributed by atoms with Gasteiger partial charge in [-0.2, -0.15) is 0 Å². The van der Waals surface area contributed by atoms with Gasteiger partial charge in [0.25, 0.3) is 0 Å². The van der Waals surface area contributed by atoms with E-state index < -0.39 is 0 Å². The Kier molecular flexibility index (Phi) is 7.98. The molecule has 0 radical (unpaired) electrons. The van der Waals surface area contributed by atoms with Crippen molar-refractivity contribution in [2.75, 3.05) is 19.6 Å². The van der Waals surface area contributed by atoms with Crippen LogP contribution in [0.4, 0.5) is 0 Å². The zero-order valence-corrected chi connectivity index (χ0v) is 12.0. The second-order valence-corrected chi connectivity index (χ2v) is 4.25. The summed E-state index contributed by atoms with van der Waals surface area (Å²) in [7, 11) is 0. The van der Waals surface area contributed by atoms with E-state index in [4.69, 9.17) is 0 Å². The maximum absolute atomic E-state index is 11.9. The Bertz CT molecular complexity index is 345. The van der Waals surface area contributed by atoms with Crippen molar-refractivity contribution in [1.82, 2.24) is 19.8 Å². The fourth-order valence-corrected chi connectivity index (χ4v) is 1.96. The summed E-state index contributed by atoms with van der Waals surface area (Å²) < 4.78 is 1.93. The number of halogens is 2. The molecule has 0 bridgehead atoms. The number of imidazole rings is 1. The number of nitrogens with one attached hydrogen (secondary N) is 1. The van der Waals surface area contributed by atoms with E-state index in [1.165, 1.54) is 0 Å². The lowest BCUT2D eigenvalue weighted by Gasteiger charge is -2.32. The van der Waals surface area contributed by atoms with E-state index in [-0.39, 0.29) is 30.7 Å². The number of piperazine rings is 1. The highest BCUT2D eigenvalue weighted by Gasteiger charge is 2.19. The molecule has 1 fully saturated rings. The average Bonchev–Trinajstić information content (AvgIpc) is 2.78. The van der Waals surface area contributed by atoms with Gasteiger partial charge in [-0.3, -0.25) is 4.79 Å². The Hall–Kier alpha value is -0.780. The summed E-state index contributed by atoms with van der Waals surface area (Å²) in [5, 5.41) is 3.33. The highest BCUT2D eigenvalue weighted by molar-refractivity contribution is 5.85. The third kappa shape index (κ3) is 4.84. The molecular formula is C11H20Cl2N4O. The van der Waals surface area contributed by atoms with Crippen LogP contribution in [0.25, 0.3) is 0 Å². The number of hydrogen-bond acceptors (Lipinski definition) is 3. The first-order valence-electron chi connectivity index (χ1n) is 5.72. The van der Waals surface area contributed by atoms with Crippen molar-refractivity contribution < 1.29 is 4.79 Å². The minimum Gasteiger partial charge on any atom is -0.340 e. The Morgan fingerprint density at radius 1 is 1.50 bits per heavy atom. The normalized spacial score (nSPS) is 18.7. The van der Waals surface area contributed by atoms with Crippen molar-refractivity contribution in [2.24, 2.45) is 0 Å². The molecule has 2 rings (SSSR count). The largest absolute Gasteiger partial charge is 0.340 e. The van der Waals surface area contributed by atoms with Crippen LogP contribution in [-0.4, -0.2) is 46.0 Å². The molecule has 5 nitrogen and oxygen atoms in total. The molecule has 0 aliphatic carbocycles. The molecule has 1 atom stereocenters. The first-order chi connectivity index (χ1) is 7.75. The molecule has 0 aromatic carbocycles. The third-order valence-electron chi connectivity index (χ3n) is 2.86. The predicted octanol–water partition coefficient (Wildman–Crippen LogP) is 0.937. The van der Waals surface area contributed by atoms with Crippen LogP contribution in [0.15, 0.2) is 18.7 Å². The Morgan fingerprint density at radius 3 is 2.89 bits per heavy atom. The predicted molar refractivity (Wildman–Crippen MR) is 75.4 cm³/mol. The summed E-state index contributed by atoms with van der Waals surface area (Å²) >= 11 is 0. The minimum atomic E-state index is 0. The number of carbonyl (C=O) groups is 1. The van der Waals surface area contributed by atoms with Gasteiger partial charge in [-0.25, -0.2) is 4.98 Å². The van der Waals surface area contributed by atoms with Crippen LogP contribution in [0.5, 0.6) is 0 Å². The summed E-state index contributed by atoms with van der Waals surface area (Å²) in [6, 6.07) is 0.408. The van der Waals surface area contributed by atoms with E-state index in [1.807, 2.05) is 15.7 Å². The first kappa shape index (κ1) is 17.2. The molecule has 1 aliphatic heterocycles. The van der Waals surface area contributed by atoms with Gasteiger partial charge in [0.15, 0.2) is 0 Å². The third-order valence-corrected chi connectivity index (χ3v) is 2.86. The Balaban J connectivity index is 0.00000144. The number of nitrogens with zero attached hydrogens (tertiary/aromatic N) is 3. The van der Waals surface area contributed by atoms with Crippen molar-refractivity contribution in [2.45, 2.75) is 25.9 Å². The number of carbonyl (C=O) groups excluding carboxylic acids is 1. The van der Waals surface area contributed by atoms with Crippen LogP contribution in [0.1, 0.15) is 13.3 Å². The van der Waals surface area contributed by atoms with Crippen molar-refractivity contribution in [3.05, 3.63) is 18.7 Å². The van der Waals surface area contributed by atoms with Crippen molar-refractivity contribution in [1.29, 1.82) is 0 Å². The Morgan fingerprint density at radius 2 is 2.28 bits per heavy atom. The minimum absolute atomic E-state index is 0. The molecule has 1 N–H and O–H groups in total. The van der Waals surface area contributed by atoms with Gasteiger partial charge in [0.2, 0.25) is 5.91 Å². The molecule has 7 heteroatoms. The lowest BCUT2D eigenvalue weighted by Crippen LogP contribution is -2.51. The average molecular weight is 295 g/mol. The number of amides is 1. The smallest absolute Gasteiger partial charge is 0.224 e. The molecule has 18 heavy (non-hydrogen) atoms. The molecule has 1 aromatic heterocycles. The van der Waals surface area contributed by atoms with Crippen LogP contribution >= 0.6 is 24.8 Å². The molecule has 1 amide bonds. The summed E-state index contributed by atoms with van der Waals surface area (Å²) in [6.07, 6.45) is 5.92. The topological polar surface area (TPSA) is 50.2 Å². The molecule has 1 aliphatic rings. The second kappa shape index (κ2) is 8.34. The molecule has 0 spiro atoms. The highest BCUT2D eigenvalue weighted by Crippen LogP contribution is 2.02. The monoisotopic (exact) mass is 294 g/mol. The van der Waals surface area contributed by atoms with Gasteiger partial charge in [0.1, 0.15) is 0 Å². The van der Waals surface area contributed by atoms with E-state index in [0.29, 0.717) is 12.5 Å². The lowest BCUT2D eigenvalue weighted by atomic mass is 10.2. The maximum Gasteiger partial charge on any atom is 0.224 e. The van der Waals surface area contributed by atoms with Crippen molar-refractivity contribution in [3.8, 4) is 0 Å². The first-order valence-corrected chi connectivity index (χ1v) is 5.72. The quantitative estimate of drug-likeness (QED) is 0.903. The Labute approximate surface area is 120 Å². The van der Waals surface area contributed by atoms with Gasteiger partial charge in [0, 0.05) is 51.0 Å². The summed E-state index contributed by atoms with van der Waals surface area (Å²) in [6.45, 7) is 5.38. The summed E-state index contributed by atoms with van der Waals surface area (Å²) in [5.41, 5.74) is 0. The summed E-state index contributed by atoms with van der Waals surface area (Å²) in [4.78, 5) is 17.8. The van der Waals surface area contributed by atoms with E-state index >= 15 is 0 Å². The highest BCUT2D eigenvalue weighted by atomic mass is 35.5. The van der Waals surface area contributed by atoms with Crippen LogP contribution in [-0.2, 0) is 11.3 Å². The van der Waals surface area contributed by atoms with Crippen LogP contribution < -0.4 is 5.32 Å².